The van der Waals surface area contributed by atoms with Gasteiger partial charge in [-0.1, -0.05) is 25.0 Å². The number of rotatable bonds is 27. The first kappa shape index (κ1) is 46.6. The lowest BCUT2D eigenvalue weighted by Crippen LogP contribution is -2.29. The molecule has 2 aliphatic heterocycles. The number of piperidine rings is 2. The molecule has 2 aromatic heterocycles. The van der Waals surface area contributed by atoms with Gasteiger partial charge in [0, 0.05) is 62.2 Å². The normalized spacial score (nSPS) is 15.0. The molecule has 2 saturated heterocycles. The highest BCUT2D eigenvalue weighted by Gasteiger charge is 2.13. The molecule has 4 heterocycles. The van der Waals surface area contributed by atoms with Crippen molar-refractivity contribution in [1.29, 1.82) is 0 Å². The predicted octanol–water partition coefficient (Wildman–Crippen LogP) is 4.58. The van der Waals surface area contributed by atoms with Crippen LogP contribution in [-0.2, 0) is 41.7 Å². The Bertz CT molecular complexity index is 1470. The summed E-state index contributed by atoms with van der Waals surface area (Å²) >= 11 is 2.70. The average molecular weight is 841 g/mol. The van der Waals surface area contributed by atoms with Crippen LogP contribution in [0.1, 0.15) is 62.5 Å². The minimum Gasteiger partial charge on any atom is -0.473 e. The molecule has 0 bridgehead atoms. The molecule has 318 valence electrons. The Morgan fingerprint density at radius 3 is 1.48 bits per heavy atom. The Kier molecular flexibility index (Phi) is 23.4. The third-order valence-electron chi connectivity index (χ3n) is 9.11. The summed E-state index contributed by atoms with van der Waals surface area (Å²) in [4.78, 5) is 61.7. The Morgan fingerprint density at radius 2 is 1.05 bits per heavy atom. The van der Waals surface area contributed by atoms with Crippen molar-refractivity contribution in [3.8, 4) is 11.8 Å². The van der Waals surface area contributed by atoms with E-state index in [0.717, 1.165) is 39.3 Å². The van der Waals surface area contributed by atoms with Crippen LogP contribution in [0.3, 0.4) is 0 Å². The van der Waals surface area contributed by atoms with E-state index >= 15 is 0 Å². The first-order valence-corrected chi connectivity index (χ1v) is 22.6. The van der Waals surface area contributed by atoms with Gasteiger partial charge in [-0.15, -0.1) is 23.5 Å². The number of esters is 2. The number of pyridine rings is 2. The van der Waals surface area contributed by atoms with Gasteiger partial charge >= 0.3 is 11.9 Å². The molecular formula is C42H60N6O8S2. The lowest BCUT2D eigenvalue weighted by molar-refractivity contribution is -0.149. The third-order valence-corrected chi connectivity index (χ3v) is 11.0. The van der Waals surface area contributed by atoms with Crippen LogP contribution in [-0.4, -0.2) is 132 Å². The first-order chi connectivity index (χ1) is 28.4. The molecule has 2 amide bonds. The average Bonchev–Trinajstić information content (AvgIpc) is 3.23. The Morgan fingerprint density at radius 1 is 0.621 bits per heavy atom. The topological polar surface area (TPSA) is 162 Å². The molecule has 58 heavy (non-hydrogen) atoms. The van der Waals surface area contributed by atoms with Crippen molar-refractivity contribution in [3.05, 3.63) is 72.1 Å². The van der Waals surface area contributed by atoms with Gasteiger partial charge in [0.15, 0.2) is 0 Å². The number of thioether (sulfide) groups is 2. The zero-order valence-electron chi connectivity index (χ0n) is 33.6. The number of hydrogen-bond donors (Lipinski definition) is 2. The van der Waals surface area contributed by atoms with E-state index in [2.05, 4.69) is 30.4 Å². The quantitative estimate of drug-likeness (QED) is 0.0731. The molecule has 0 saturated carbocycles. The van der Waals surface area contributed by atoms with Crippen molar-refractivity contribution >= 4 is 47.3 Å². The van der Waals surface area contributed by atoms with Crippen molar-refractivity contribution in [2.24, 2.45) is 0 Å². The molecule has 2 fully saturated rings. The molecule has 16 heteroatoms. The number of likely N-dealkylation sites (tertiary alicyclic amines) is 2. The number of ether oxygens (including phenoxy) is 4. The van der Waals surface area contributed by atoms with Gasteiger partial charge in [-0.3, -0.25) is 29.0 Å². The summed E-state index contributed by atoms with van der Waals surface area (Å²) < 4.78 is 21.8. The van der Waals surface area contributed by atoms with Crippen molar-refractivity contribution in [2.75, 3.05) is 88.7 Å². The van der Waals surface area contributed by atoms with E-state index in [0.29, 0.717) is 49.6 Å². The summed E-state index contributed by atoms with van der Waals surface area (Å²) in [7, 11) is 0. The summed E-state index contributed by atoms with van der Waals surface area (Å²) in [6.45, 7) is 8.14. The molecular weight excluding hydrogens is 781 g/mol. The number of nitrogens with one attached hydrogen (secondary N) is 2. The number of nitrogens with zero attached hydrogens (tertiary/aromatic N) is 4. The first-order valence-electron chi connectivity index (χ1n) is 20.3. The molecule has 2 aliphatic rings. The lowest BCUT2D eigenvalue weighted by atomic mass is 10.1. The van der Waals surface area contributed by atoms with Gasteiger partial charge in [0.1, 0.15) is 26.4 Å². The van der Waals surface area contributed by atoms with E-state index in [-0.39, 0.29) is 49.4 Å². The summed E-state index contributed by atoms with van der Waals surface area (Å²) in [5.41, 5.74) is 2.39. The van der Waals surface area contributed by atoms with Gasteiger partial charge in [-0.2, -0.15) is 0 Å². The van der Waals surface area contributed by atoms with Crippen molar-refractivity contribution < 1.29 is 38.1 Å². The van der Waals surface area contributed by atoms with Crippen LogP contribution in [0.4, 0.5) is 0 Å². The van der Waals surface area contributed by atoms with Crippen LogP contribution >= 0.6 is 23.5 Å². The fourth-order valence-corrected chi connectivity index (χ4v) is 7.40. The van der Waals surface area contributed by atoms with Crippen LogP contribution in [0.5, 0.6) is 11.8 Å². The molecule has 0 unspecified atom stereocenters. The lowest BCUT2D eigenvalue weighted by Gasteiger charge is -2.26. The fourth-order valence-electron chi connectivity index (χ4n) is 6.13. The summed E-state index contributed by atoms with van der Waals surface area (Å²) in [5, 5.41) is 5.63. The SMILES string of the molecule is O=C(CSCCOC(=O)CCC(=O)OCCSCC(=O)NC/C=C\COc1cc(CN2CCCCC2)ccn1)NC/C=C\COc1cc(CN2CCCCC2)ccn1. The van der Waals surface area contributed by atoms with Crippen molar-refractivity contribution in [1.82, 2.24) is 30.4 Å². The highest BCUT2D eigenvalue weighted by atomic mass is 32.2. The molecule has 0 atom stereocenters. The standard InChI is InChI=1S/C42H60N6O8S2/c49-37(43-15-3-9-23-53-39-29-35(13-17-45-39)31-47-19-5-1-6-20-47)33-57-27-25-55-41(51)11-12-42(52)56-26-28-58-34-38(50)44-16-4-10-24-54-40-30-36(14-18-46-40)32-48-21-7-2-8-22-48/h3-4,9-10,13-14,17-18,29-30H,1-2,5-8,11-12,15-16,19-28,31-34H2,(H,43,49)(H,44,50)/b9-3-,10-4-. The maximum Gasteiger partial charge on any atom is 0.306 e. The van der Waals surface area contributed by atoms with Gasteiger partial charge in [0.25, 0.3) is 0 Å². The molecule has 14 nitrogen and oxygen atoms in total. The number of aromatic nitrogens is 2. The van der Waals surface area contributed by atoms with Crippen LogP contribution < -0.4 is 20.1 Å². The van der Waals surface area contributed by atoms with E-state index < -0.39 is 11.9 Å². The third kappa shape index (κ3) is 21.6. The van der Waals surface area contributed by atoms with E-state index in [1.807, 2.05) is 48.6 Å². The minimum absolute atomic E-state index is 0.0874. The summed E-state index contributed by atoms with van der Waals surface area (Å²) in [5.74, 6) is 1.32. The number of hydrogen-bond acceptors (Lipinski definition) is 14. The van der Waals surface area contributed by atoms with Crippen LogP contribution in [0.15, 0.2) is 61.0 Å². The monoisotopic (exact) mass is 840 g/mol. The zero-order valence-corrected chi connectivity index (χ0v) is 35.2. The van der Waals surface area contributed by atoms with Gasteiger partial charge in [-0.05, 0) is 87.3 Å². The van der Waals surface area contributed by atoms with Crippen LogP contribution in [0.2, 0.25) is 0 Å². The second-order valence-electron chi connectivity index (χ2n) is 13.9. The second-order valence-corrected chi connectivity index (χ2v) is 16.1. The van der Waals surface area contributed by atoms with Crippen molar-refractivity contribution in [3.63, 3.8) is 0 Å². The second kappa shape index (κ2) is 29.1. The Labute approximate surface area is 351 Å². The molecule has 0 aliphatic carbocycles. The van der Waals surface area contributed by atoms with E-state index in [1.165, 1.54) is 73.2 Å². The number of carbonyl (C=O) groups is 4. The van der Waals surface area contributed by atoms with Gasteiger partial charge in [0.05, 0.1) is 24.3 Å². The van der Waals surface area contributed by atoms with Crippen LogP contribution in [0.25, 0.3) is 0 Å². The largest absolute Gasteiger partial charge is 0.473 e. The minimum atomic E-state index is -0.501. The maximum absolute atomic E-state index is 12.1. The molecule has 0 aromatic carbocycles. The molecule has 2 aromatic rings. The fraction of sp³-hybridized carbons (Fsp3) is 0.571. The van der Waals surface area contributed by atoms with Crippen molar-refractivity contribution in [2.45, 2.75) is 64.5 Å². The highest BCUT2D eigenvalue weighted by Crippen LogP contribution is 2.17. The number of amides is 2. The van der Waals surface area contributed by atoms with Crippen LogP contribution in [0, 0.1) is 0 Å². The zero-order chi connectivity index (χ0) is 40.9. The van der Waals surface area contributed by atoms with Gasteiger partial charge in [-0.25, -0.2) is 9.97 Å². The Hall–Kier alpha value is -4.12. The van der Waals surface area contributed by atoms with E-state index in [9.17, 15) is 19.2 Å². The predicted molar refractivity (Wildman–Crippen MR) is 228 cm³/mol. The van der Waals surface area contributed by atoms with E-state index in [1.54, 1.807) is 12.4 Å². The summed E-state index contributed by atoms with van der Waals surface area (Å²) in [6, 6.07) is 8.01. The molecule has 0 spiro atoms. The van der Waals surface area contributed by atoms with Gasteiger partial charge in [0.2, 0.25) is 23.6 Å². The van der Waals surface area contributed by atoms with Gasteiger partial charge < -0.3 is 29.6 Å². The molecule has 0 radical (unpaired) electrons. The molecule has 4 rings (SSSR count). The molecule has 2 N–H and O–H groups in total. The smallest absolute Gasteiger partial charge is 0.306 e. The summed E-state index contributed by atoms with van der Waals surface area (Å²) in [6.07, 6.45) is 18.4. The highest BCUT2D eigenvalue weighted by molar-refractivity contribution is 8.00. The maximum atomic E-state index is 12.1. The van der Waals surface area contributed by atoms with E-state index in [4.69, 9.17) is 18.9 Å². The number of carbonyl (C=O) groups excluding carboxylic acids is 4. The Balaban J connectivity index is 0.896.